The second-order valence-electron chi connectivity index (χ2n) is 5.18. The van der Waals surface area contributed by atoms with Gasteiger partial charge in [-0.05, 0) is 25.1 Å². The number of benzene rings is 1. The van der Waals surface area contributed by atoms with Crippen molar-refractivity contribution in [3.05, 3.63) is 66.2 Å². The van der Waals surface area contributed by atoms with Crippen LogP contribution in [-0.2, 0) is 6.54 Å². The highest BCUT2D eigenvalue weighted by Crippen LogP contribution is 2.21. The maximum Gasteiger partial charge on any atom is 0.225 e. The molecule has 2 aromatic heterocycles. The smallest absolute Gasteiger partial charge is 0.225 e. The minimum atomic E-state index is -0.238. The number of anilines is 2. The highest BCUT2D eigenvalue weighted by Gasteiger charge is 2.07. The Morgan fingerprint density at radius 2 is 1.92 bits per heavy atom. The molecule has 0 saturated heterocycles. The van der Waals surface area contributed by atoms with Crippen LogP contribution in [0, 0.1) is 5.82 Å². The Labute approximate surface area is 140 Å². The van der Waals surface area contributed by atoms with E-state index in [9.17, 15) is 4.39 Å². The van der Waals surface area contributed by atoms with Crippen LogP contribution in [0.15, 0.2) is 54.9 Å². The van der Waals surface area contributed by atoms with E-state index in [2.05, 4.69) is 25.6 Å². The van der Waals surface area contributed by atoms with Crippen molar-refractivity contribution in [2.45, 2.75) is 13.5 Å². The van der Waals surface area contributed by atoms with Gasteiger partial charge in [0.05, 0.1) is 5.69 Å². The van der Waals surface area contributed by atoms with E-state index in [1.165, 1.54) is 6.07 Å². The van der Waals surface area contributed by atoms with Gasteiger partial charge in [0, 0.05) is 42.7 Å². The van der Waals surface area contributed by atoms with E-state index in [1.807, 2.05) is 31.2 Å². The molecule has 3 rings (SSSR count). The van der Waals surface area contributed by atoms with Crippen molar-refractivity contribution in [2.24, 2.45) is 0 Å². The first kappa shape index (κ1) is 15.9. The molecule has 0 amide bonds. The summed E-state index contributed by atoms with van der Waals surface area (Å²) in [7, 11) is 0. The molecule has 0 bridgehead atoms. The monoisotopic (exact) mass is 323 g/mol. The minimum absolute atomic E-state index is 0.238. The van der Waals surface area contributed by atoms with Crippen molar-refractivity contribution < 1.29 is 4.39 Å². The summed E-state index contributed by atoms with van der Waals surface area (Å²) in [6, 6.07) is 12.3. The maximum absolute atomic E-state index is 13.7. The molecular weight excluding hydrogens is 305 g/mol. The first-order valence-electron chi connectivity index (χ1n) is 7.77. The largest absolute Gasteiger partial charge is 0.366 e. The van der Waals surface area contributed by atoms with Crippen LogP contribution in [0.2, 0.25) is 0 Å². The van der Waals surface area contributed by atoms with Gasteiger partial charge in [-0.1, -0.05) is 18.2 Å². The number of halogens is 1. The van der Waals surface area contributed by atoms with Gasteiger partial charge in [0.25, 0.3) is 0 Å². The fourth-order valence-electron chi connectivity index (χ4n) is 2.26. The fraction of sp³-hybridized carbons (Fsp3) is 0.167. The molecule has 1 aromatic carbocycles. The first-order chi connectivity index (χ1) is 11.8. The number of nitrogens with zero attached hydrogens (tertiary/aromatic N) is 3. The van der Waals surface area contributed by atoms with Gasteiger partial charge in [-0.2, -0.15) is 4.98 Å². The highest BCUT2D eigenvalue weighted by atomic mass is 19.1. The summed E-state index contributed by atoms with van der Waals surface area (Å²) in [4.78, 5) is 13.0. The molecule has 0 aliphatic carbocycles. The summed E-state index contributed by atoms with van der Waals surface area (Å²) >= 11 is 0. The molecule has 2 N–H and O–H groups in total. The lowest BCUT2D eigenvalue weighted by atomic mass is 10.2. The summed E-state index contributed by atoms with van der Waals surface area (Å²) in [6.45, 7) is 3.04. The molecule has 2 heterocycles. The topological polar surface area (TPSA) is 62.7 Å². The van der Waals surface area contributed by atoms with E-state index in [4.69, 9.17) is 0 Å². The zero-order chi connectivity index (χ0) is 16.8. The molecule has 122 valence electrons. The molecule has 24 heavy (non-hydrogen) atoms. The average molecular weight is 323 g/mol. The Morgan fingerprint density at radius 3 is 2.67 bits per heavy atom. The number of rotatable bonds is 6. The van der Waals surface area contributed by atoms with E-state index in [0.717, 1.165) is 11.3 Å². The van der Waals surface area contributed by atoms with Gasteiger partial charge in [0.2, 0.25) is 5.95 Å². The summed E-state index contributed by atoms with van der Waals surface area (Å²) in [5.41, 5.74) is 2.24. The van der Waals surface area contributed by atoms with Crippen LogP contribution in [0.25, 0.3) is 11.3 Å². The van der Waals surface area contributed by atoms with E-state index < -0.39 is 0 Å². The van der Waals surface area contributed by atoms with Gasteiger partial charge >= 0.3 is 0 Å². The second-order valence-corrected chi connectivity index (χ2v) is 5.18. The summed E-state index contributed by atoms with van der Waals surface area (Å²) < 4.78 is 13.7. The predicted molar refractivity (Wildman–Crippen MR) is 93.2 cm³/mol. The number of nitrogens with one attached hydrogen (secondary N) is 2. The lowest BCUT2D eigenvalue weighted by Crippen LogP contribution is -2.08. The Bertz CT molecular complexity index is 808. The van der Waals surface area contributed by atoms with Gasteiger partial charge < -0.3 is 10.6 Å². The Kier molecular flexibility index (Phi) is 4.96. The Hall–Kier alpha value is -3.02. The molecule has 3 aromatic rings. The molecule has 0 spiro atoms. The van der Waals surface area contributed by atoms with Crippen LogP contribution in [0.5, 0.6) is 0 Å². The molecule has 5 nitrogen and oxygen atoms in total. The lowest BCUT2D eigenvalue weighted by molar-refractivity contribution is 0.613. The number of pyridine rings is 1. The van der Waals surface area contributed by atoms with Crippen LogP contribution in [0.4, 0.5) is 16.2 Å². The Balaban J connectivity index is 1.86. The fourth-order valence-corrected chi connectivity index (χ4v) is 2.26. The molecule has 0 unspecified atom stereocenters. The van der Waals surface area contributed by atoms with Crippen molar-refractivity contribution in [2.75, 3.05) is 17.2 Å². The summed E-state index contributed by atoms with van der Waals surface area (Å²) in [5.74, 6) is 0.913. The number of hydrogen-bond donors (Lipinski definition) is 2. The van der Waals surface area contributed by atoms with Crippen molar-refractivity contribution in [3.63, 3.8) is 0 Å². The molecule has 0 aliphatic rings. The van der Waals surface area contributed by atoms with Crippen LogP contribution in [-0.4, -0.2) is 21.5 Å². The maximum atomic E-state index is 13.7. The first-order valence-corrected chi connectivity index (χ1v) is 7.77. The van der Waals surface area contributed by atoms with Crippen LogP contribution < -0.4 is 10.6 Å². The van der Waals surface area contributed by atoms with Crippen molar-refractivity contribution in [1.29, 1.82) is 0 Å². The summed E-state index contributed by atoms with van der Waals surface area (Å²) in [5, 5.41) is 6.27. The van der Waals surface area contributed by atoms with E-state index in [-0.39, 0.29) is 5.82 Å². The zero-order valence-electron chi connectivity index (χ0n) is 13.3. The molecule has 0 atom stereocenters. The minimum Gasteiger partial charge on any atom is -0.366 e. The standard InChI is InChI=1S/C18H18FN5/c1-2-21-18-23-16(14-7-5-9-20-11-14)10-17(24-18)22-12-13-6-3-4-8-15(13)19/h3-11H,2,12H2,1H3,(H2,21,22,23,24). The van der Waals surface area contributed by atoms with E-state index >= 15 is 0 Å². The number of hydrogen-bond acceptors (Lipinski definition) is 5. The molecule has 0 radical (unpaired) electrons. The third-order valence-corrected chi connectivity index (χ3v) is 3.44. The number of aromatic nitrogens is 3. The van der Waals surface area contributed by atoms with Crippen molar-refractivity contribution in [3.8, 4) is 11.3 Å². The molecular formula is C18H18FN5. The third kappa shape index (κ3) is 3.84. The molecule has 0 saturated carbocycles. The van der Waals surface area contributed by atoms with Crippen molar-refractivity contribution in [1.82, 2.24) is 15.0 Å². The van der Waals surface area contributed by atoms with E-state index in [1.54, 1.807) is 24.5 Å². The summed E-state index contributed by atoms with van der Waals surface area (Å²) in [6.07, 6.45) is 3.46. The van der Waals surface area contributed by atoms with E-state index in [0.29, 0.717) is 30.4 Å². The molecule has 0 fully saturated rings. The van der Waals surface area contributed by atoms with Gasteiger partial charge in [-0.3, -0.25) is 4.98 Å². The second kappa shape index (κ2) is 7.50. The van der Waals surface area contributed by atoms with Gasteiger partial charge in [0.15, 0.2) is 0 Å². The lowest BCUT2D eigenvalue weighted by Gasteiger charge is -2.11. The predicted octanol–water partition coefficient (Wildman–Crippen LogP) is 3.72. The average Bonchev–Trinajstić information content (AvgIpc) is 2.62. The van der Waals surface area contributed by atoms with Gasteiger partial charge in [0.1, 0.15) is 11.6 Å². The highest BCUT2D eigenvalue weighted by molar-refractivity contribution is 5.63. The van der Waals surface area contributed by atoms with Crippen molar-refractivity contribution >= 4 is 11.8 Å². The SMILES string of the molecule is CCNc1nc(NCc2ccccc2F)cc(-c2cccnc2)n1. The molecule has 6 heteroatoms. The molecule has 0 aliphatic heterocycles. The van der Waals surface area contributed by atoms with Gasteiger partial charge in [-0.15, -0.1) is 0 Å². The quantitative estimate of drug-likeness (QED) is 0.724. The Morgan fingerprint density at radius 1 is 1.04 bits per heavy atom. The van der Waals surface area contributed by atoms with Crippen LogP contribution in [0.1, 0.15) is 12.5 Å². The normalized spacial score (nSPS) is 10.4. The van der Waals surface area contributed by atoms with Crippen LogP contribution in [0.3, 0.4) is 0 Å². The third-order valence-electron chi connectivity index (χ3n) is 3.44. The zero-order valence-corrected chi connectivity index (χ0v) is 13.3. The van der Waals surface area contributed by atoms with Crippen LogP contribution >= 0.6 is 0 Å². The van der Waals surface area contributed by atoms with Gasteiger partial charge in [-0.25, -0.2) is 9.37 Å².